The van der Waals surface area contributed by atoms with Crippen molar-refractivity contribution in [1.82, 2.24) is 5.32 Å². The number of nitrogens with two attached hydrogens (primary N) is 1. The number of hydrogen-bond donors (Lipinski definition) is 2. The van der Waals surface area contributed by atoms with E-state index in [9.17, 15) is 4.79 Å². The van der Waals surface area contributed by atoms with Crippen LogP contribution in [0.3, 0.4) is 0 Å². The maximum absolute atomic E-state index is 11.5. The molecule has 1 rings (SSSR count). The van der Waals surface area contributed by atoms with Gasteiger partial charge < -0.3 is 15.5 Å². The van der Waals surface area contributed by atoms with Gasteiger partial charge in [0.1, 0.15) is 0 Å². The molecule has 14 heavy (non-hydrogen) atoms. The average Bonchev–Trinajstić information content (AvgIpc) is 2.60. The second kappa shape index (κ2) is 5.02. The van der Waals surface area contributed by atoms with Crippen molar-refractivity contribution < 1.29 is 9.21 Å². The van der Waals surface area contributed by atoms with Crippen LogP contribution in [0.5, 0.6) is 0 Å². The Morgan fingerprint density at radius 3 is 2.93 bits per heavy atom. The number of furan rings is 1. The van der Waals surface area contributed by atoms with E-state index in [1.807, 2.05) is 6.92 Å². The Hall–Kier alpha value is -1.00. The van der Waals surface area contributed by atoms with Crippen LogP contribution in [0.1, 0.15) is 23.7 Å². The summed E-state index contributed by atoms with van der Waals surface area (Å²) in [6.07, 6.45) is 2.17. The fourth-order valence-electron chi connectivity index (χ4n) is 1.05. The molecule has 0 spiro atoms. The van der Waals surface area contributed by atoms with Crippen molar-refractivity contribution >= 4 is 17.5 Å². The number of halogens is 1. The zero-order chi connectivity index (χ0) is 10.6. The summed E-state index contributed by atoms with van der Waals surface area (Å²) >= 11 is 5.65. The number of hydrogen-bond acceptors (Lipinski definition) is 3. The Labute approximate surface area is 87.4 Å². The highest BCUT2D eigenvalue weighted by Crippen LogP contribution is 2.16. The lowest BCUT2D eigenvalue weighted by Crippen LogP contribution is -2.39. The van der Waals surface area contributed by atoms with Gasteiger partial charge in [0.25, 0.3) is 5.91 Å². The molecular weight excluding hydrogens is 204 g/mol. The van der Waals surface area contributed by atoms with E-state index >= 15 is 0 Å². The third kappa shape index (κ3) is 2.49. The van der Waals surface area contributed by atoms with E-state index < -0.39 is 0 Å². The van der Waals surface area contributed by atoms with Crippen molar-refractivity contribution in [3.8, 4) is 0 Å². The number of nitrogens with one attached hydrogen (secondary N) is 1. The Morgan fingerprint density at radius 2 is 2.50 bits per heavy atom. The van der Waals surface area contributed by atoms with Crippen molar-refractivity contribution in [3.63, 3.8) is 0 Å². The van der Waals surface area contributed by atoms with E-state index in [-0.39, 0.29) is 17.2 Å². The predicted molar refractivity (Wildman–Crippen MR) is 54.3 cm³/mol. The van der Waals surface area contributed by atoms with E-state index in [0.29, 0.717) is 12.1 Å². The monoisotopic (exact) mass is 216 g/mol. The van der Waals surface area contributed by atoms with Gasteiger partial charge >= 0.3 is 0 Å². The van der Waals surface area contributed by atoms with E-state index in [4.69, 9.17) is 21.8 Å². The normalized spacial score (nSPS) is 12.5. The third-order valence-electron chi connectivity index (χ3n) is 1.98. The molecule has 0 saturated carbocycles. The standard InChI is InChI=1S/C9H13ClN2O2/c1-2-6(5-11)12-9(13)7-3-4-14-8(7)10/h3-4,6H,2,5,11H2,1H3,(H,12,13). The maximum atomic E-state index is 11.5. The molecule has 1 unspecified atom stereocenters. The van der Waals surface area contributed by atoms with Crippen LogP contribution in [0, 0.1) is 0 Å². The number of amides is 1. The minimum absolute atomic E-state index is 0.0199. The van der Waals surface area contributed by atoms with Gasteiger partial charge in [0.15, 0.2) is 0 Å². The van der Waals surface area contributed by atoms with Crippen LogP contribution in [-0.4, -0.2) is 18.5 Å². The van der Waals surface area contributed by atoms with Crippen LogP contribution in [0.15, 0.2) is 16.7 Å². The number of rotatable bonds is 4. The first-order chi connectivity index (χ1) is 6.69. The second-order valence-corrected chi connectivity index (χ2v) is 3.27. The molecule has 1 heterocycles. The molecule has 0 saturated heterocycles. The number of carbonyl (C=O) groups is 1. The second-order valence-electron chi connectivity index (χ2n) is 2.92. The molecule has 0 aliphatic carbocycles. The molecule has 0 radical (unpaired) electrons. The maximum Gasteiger partial charge on any atom is 0.256 e. The molecule has 4 nitrogen and oxygen atoms in total. The first kappa shape index (κ1) is 11.1. The summed E-state index contributed by atoms with van der Waals surface area (Å²) in [5.41, 5.74) is 5.80. The highest BCUT2D eigenvalue weighted by atomic mass is 35.5. The van der Waals surface area contributed by atoms with Crippen molar-refractivity contribution in [3.05, 3.63) is 23.1 Å². The molecule has 0 aromatic carbocycles. The average molecular weight is 217 g/mol. The van der Waals surface area contributed by atoms with E-state index in [2.05, 4.69) is 5.32 Å². The highest BCUT2D eigenvalue weighted by molar-refractivity contribution is 6.32. The summed E-state index contributed by atoms with van der Waals surface area (Å²) in [6, 6.07) is 1.51. The first-order valence-electron chi connectivity index (χ1n) is 4.43. The molecular formula is C9H13ClN2O2. The molecule has 5 heteroatoms. The largest absolute Gasteiger partial charge is 0.452 e. The molecule has 1 aromatic heterocycles. The lowest BCUT2D eigenvalue weighted by Gasteiger charge is -2.13. The van der Waals surface area contributed by atoms with Crippen molar-refractivity contribution in [2.75, 3.05) is 6.54 Å². The van der Waals surface area contributed by atoms with E-state index in [0.717, 1.165) is 6.42 Å². The topological polar surface area (TPSA) is 68.3 Å². The quantitative estimate of drug-likeness (QED) is 0.800. The molecule has 78 valence electrons. The van der Waals surface area contributed by atoms with Gasteiger partial charge in [0.05, 0.1) is 11.8 Å². The van der Waals surface area contributed by atoms with Gasteiger partial charge in [-0.15, -0.1) is 0 Å². The molecule has 0 bridgehead atoms. The Kier molecular flexibility index (Phi) is 3.98. The molecule has 1 amide bonds. The summed E-state index contributed by atoms with van der Waals surface area (Å²) in [4.78, 5) is 11.5. The van der Waals surface area contributed by atoms with Crippen LogP contribution in [0.4, 0.5) is 0 Å². The Morgan fingerprint density at radius 1 is 1.79 bits per heavy atom. The van der Waals surface area contributed by atoms with Crippen LogP contribution in [-0.2, 0) is 0 Å². The van der Waals surface area contributed by atoms with Gasteiger partial charge in [0, 0.05) is 12.6 Å². The minimum Gasteiger partial charge on any atom is -0.452 e. The fraction of sp³-hybridized carbons (Fsp3) is 0.444. The van der Waals surface area contributed by atoms with E-state index in [1.165, 1.54) is 12.3 Å². The van der Waals surface area contributed by atoms with Crippen LogP contribution in [0.2, 0.25) is 5.22 Å². The molecule has 1 atom stereocenters. The third-order valence-corrected chi connectivity index (χ3v) is 2.27. The SMILES string of the molecule is CCC(CN)NC(=O)c1ccoc1Cl. The van der Waals surface area contributed by atoms with Gasteiger partial charge in [-0.05, 0) is 24.1 Å². The Bertz CT molecular complexity index is 308. The summed E-state index contributed by atoms with van der Waals surface area (Å²) in [5, 5.41) is 2.86. The molecule has 0 aliphatic heterocycles. The fourth-order valence-corrected chi connectivity index (χ4v) is 1.25. The Balaban J connectivity index is 2.63. The summed E-state index contributed by atoms with van der Waals surface area (Å²) in [7, 11) is 0. The first-order valence-corrected chi connectivity index (χ1v) is 4.80. The molecule has 0 fully saturated rings. The summed E-state index contributed by atoms with van der Waals surface area (Å²) in [6.45, 7) is 2.37. The molecule has 0 aliphatic rings. The van der Waals surface area contributed by atoms with Crippen molar-refractivity contribution in [1.29, 1.82) is 0 Å². The van der Waals surface area contributed by atoms with Gasteiger partial charge in [0.2, 0.25) is 5.22 Å². The summed E-state index contributed by atoms with van der Waals surface area (Å²) < 4.78 is 4.81. The van der Waals surface area contributed by atoms with E-state index in [1.54, 1.807) is 0 Å². The smallest absolute Gasteiger partial charge is 0.256 e. The zero-order valence-electron chi connectivity index (χ0n) is 7.92. The van der Waals surface area contributed by atoms with Crippen LogP contribution < -0.4 is 11.1 Å². The lowest BCUT2D eigenvalue weighted by molar-refractivity contribution is 0.0937. The van der Waals surface area contributed by atoms with Crippen molar-refractivity contribution in [2.45, 2.75) is 19.4 Å². The lowest BCUT2D eigenvalue weighted by atomic mass is 10.2. The van der Waals surface area contributed by atoms with Gasteiger partial charge in [-0.3, -0.25) is 4.79 Å². The van der Waals surface area contributed by atoms with Gasteiger partial charge in [-0.25, -0.2) is 0 Å². The molecule has 1 aromatic rings. The predicted octanol–water partition coefficient (Wildman–Crippen LogP) is 1.40. The number of carbonyl (C=O) groups excluding carboxylic acids is 1. The molecule has 3 N–H and O–H groups in total. The summed E-state index contributed by atoms with van der Waals surface area (Å²) in [5.74, 6) is -0.249. The van der Waals surface area contributed by atoms with Gasteiger partial charge in [-0.1, -0.05) is 6.92 Å². The van der Waals surface area contributed by atoms with Gasteiger partial charge in [-0.2, -0.15) is 0 Å². The minimum atomic E-state index is -0.249. The van der Waals surface area contributed by atoms with Crippen molar-refractivity contribution in [2.24, 2.45) is 5.73 Å². The van der Waals surface area contributed by atoms with Crippen LogP contribution in [0.25, 0.3) is 0 Å². The zero-order valence-corrected chi connectivity index (χ0v) is 8.67. The van der Waals surface area contributed by atoms with Crippen LogP contribution >= 0.6 is 11.6 Å². The highest BCUT2D eigenvalue weighted by Gasteiger charge is 2.15.